The maximum Gasteiger partial charge on any atom is 0.248 e. The van der Waals surface area contributed by atoms with Crippen LogP contribution in [-0.4, -0.2) is 39.8 Å². The molecule has 0 aliphatic rings. The van der Waals surface area contributed by atoms with E-state index in [9.17, 15) is 13.2 Å². The SMILES string of the molecule is CCc1ccc(NC(=O)/C=C/c2ccc(OC)c(S(=O)(=O)N(C)C)c2)cc1. The van der Waals surface area contributed by atoms with Crippen LogP contribution in [-0.2, 0) is 21.2 Å². The van der Waals surface area contributed by atoms with E-state index in [1.54, 1.807) is 18.2 Å². The monoisotopic (exact) mass is 388 g/mol. The molecular formula is C20H24N2O4S. The van der Waals surface area contributed by atoms with E-state index in [2.05, 4.69) is 12.2 Å². The van der Waals surface area contributed by atoms with Crippen molar-refractivity contribution in [3.8, 4) is 5.75 Å². The fourth-order valence-electron chi connectivity index (χ4n) is 2.37. The zero-order chi connectivity index (χ0) is 20.0. The number of hydrogen-bond donors (Lipinski definition) is 1. The fraction of sp³-hybridized carbons (Fsp3) is 0.250. The maximum absolute atomic E-state index is 12.4. The molecule has 0 saturated heterocycles. The molecule has 7 heteroatoms. The standard InChI is InChI=1S/C20H24N2O4S/c1-5-15-6-10-17(11-7-15)21-20(23)13-9-16-8-12-18(26-4)19(14-16)27(24,25)22(2)3/h6-14H,5H2,1-4H3,(H,21,23)/b13-9+. The summed E-state index contributed by atoms with van der Waals surface area (Å²) in [5, 5.41) is 2.77. The van der Waals surface area contributed by atoms with Crippen molar-refractivity contribution >= 4 is 27.7 Å². The Morgan fingerprint density at radius 1 is 1.15 bits per heavy atom. The summed E-state index contributed by atoms with van der Waals surface area (Å²) in [5.74, 6) is -0.0478. The number of nitrogens with zero attached hydrogens (tertiary/aromatic N) is 1. The molecule has 1 amide bonds. The number of carbonyl (C=O) groups is 1. The molecule has 0 saturated carbocycles. The van der Waals surface area contributed by atoms with Gasteiger partial charge in [-0.25, -0.2) is 12.7 Å². The van der Waals surface area contributed by atoms with Crippen molar-refractivity contribution in [2.24, 2.45) is 0 Å². The van der Waals surface area contributed by atoms with Crippen molar-refractivity contribution in [1.29, 1.82) is 0 Å². The van der Waals surface area contributed by atoms with E-state index >= 15 is 0 Å². The van der Waals surface area contributed by atoms with Crippen LogP contribution in [0.1, 0.15) is 18.1 Å². The minimum atomic E-state index is -3.66. The summed E-state index contributed by atoms with van der Waals surface area (Å²) < 4.78 is 31.1. The average Bonchev–Trinajstić information content (AvgIpc) is 2.66. The Morgan fingerprint density at radius 2 is 1.81 bits per heavy atom. The van der Waals surface area contributed by atoms with Gasteiger partial charge in [0.05, 0.1) is 7.11 Å². The molecule has 0 fully saturated rings. The lowest BCUT2D eigenvalue weighted by Crippen LogP contribution is -2.22. The summed E-state index contributed by atoms with van der Waals surface area (Å²) in [5.41, 5.74) is 2.47. The molecule has 1 N–H and O–H groups in total. The van der Waals surface area contributed by atoms with E-state index in [1.807, 2.05) is 24.3 Å². The molecule has 0 aliphatic carbocycles. The van der Waals surface area contributed by atoms with Gasteiger partial charge in [0.25, 0.3) is 0 Å². The number of nitrogens with one attached hydrogen (secondary N) is 1. The summed E-state index contributed by atoms with van der Waals surface area (Å²) in [6.45, 7) is 2.07. The van der Waals surface area contributed by atoms with E-state index in [-0.39, 0.29) is 16.6 Å². The van der Waals surface area contributed by atoms with Crippen molar-refractivity contribution in [3.05, 3.63) is 59.7 Å². The Kier molecular flexibility index (Phi) is 6.76. The second-order valence-electron chi connectivity index (χ2n) is 6.07. The van der Waals surface area contributed by atoms with Crippen LogP contribution in [0.5, 0.6) is 5.75 Å². The number of aryl methyl sites for hydroxylation is 1. The summed E-state index contributed by atoms with van der Waals surface area (Å²) in [6, 6.07) is 12.3. The number of anilines is 1. The smallest absolute Gasteiger partial charge is 0.248 e. The van der Waals surface area contributed by atoms with Crippen LogP contribution in [0, 0.1) is 0 Å². The van der Waals surface area contributed by atoms with Crippen LogP contribution in [0.3, 0.4) is 0 Å². The maximum atomic E-state index is 12.4. The normalized spacial score (nSPS) is 11.7. The second kappa shape index (κ2) is 8.83. The van der Waals surface area contributed by atoms with Crippen molar-refractivity contribution in [2.75, 3.05) is 26.5 Å². The average molecular weight is 388 g/mol. The van der Waals surface area contributed by atoms with Crippen LogP contribution in [0.2, 0.25) is 0 Å². The fourth-order valence-corrected chi connectivity index (χ4v) is 3.46. The lowest BCUT2D eigenvalue weighted by Gasteiger charge is -2.15. The van der Waals surface area contributed by atoms with Gasteiger partial charge in [0, 0.05) is 25.9 Å². The van der Waals surface area contributed by atoms with Crippen molar-refractivity contribution in [3.63, 3.8) is 0 Å². The first-order chi connectivity index (χ1) is 12.8. The highest BCUT2D eigenvalue weighted by Gasteiger charge is 2.22. The third kappa shape index (κ3) is 5.18. The van der Waals surface area contributed by atoms with Crippen molar-refractivity contribution in [1.82, 2.24) is 4.31 Å². The highest BCUT2D eigenvalue weighted by atomic mass is 32.2. The minimum absolute atomic E-state index is 0.0488. The zero-order valence-corrected chi connectivity index (χ0v) is 16.7. The topological polar surface area (TPSA) is 75.7 Å². The van der Waals surface area contributed by atoms with Crippen molar-refractivity contribution in [2.45, 2.75) is 18.2 Å². The molecule has 0 spiro atoms. The molecule has 0 heterocycles. The highest BCUT2D eigenvalue weighted by molar-refractivity contribution is 7.89. The van der Waals surface area contributed by atoms with Crippen LogP contribution in [0.25, 0.3) is 6.08 Å². The van der Waals surface area contributed by atoms with Gasteiger partial charge in [0.15, 0.2) is 0 Å². The summed E-state index contributed by atoms with van der Waals surface area (Å²) >= 11 is 0. The first kappa shape index (κ1) is 20.7. The lowest BCUT2D eigenvalue weighted by molar-refractivity contribution is -0.111. The number of hydrogen-bond acceptors (Lipinski definition) is 4. The number of amides is 1. The Hall–Kier alpha value is -2.64. The molecule has 0 unspecified atom stereocenters. The number of carbonyl (C=O) groups excluding carboxylic acids is 1. The van der Waals surface area contributed by atoms with Gasteiger partial charge in [-0.2, -0.15) is 0 Å². The first-order valence-corrected chi connectivity index (χ1v) is 9.90. The van der Waals surface area contributed by atoms with Gasteiger partial charge in [0.2, 0.25) is 15.9 Å². The van der Waals surface area contributed by atoms with Gasteiger partial charge in [-0.3, -0.25) is 4.79 Å². The minimum Gasteiger partial charge on any atom is -0.495 e. The van der Waals surface area contributed by atoms with E-state index in [0.717, 1.165) is 10.7 Å². The van der Waals surface area contributed by atoms with Crippen LogP contribution < -0.4 is 10.1 Å². The highest BCUT2D eigenvalue weighted by Crippen LogP contribution is 2.27. The number of ether oxygens (including phenoxy) is 1. The summed E-state index contributed by atoms with van der Waals surface area (Å²) in [6.07, 6.45) is 3.86. The van der Waals surface area contributed by atoms with Gasteiger partial charge >= 0.3 is 0 Å². The predicted octanol–water partition coefficient (Wildman–Crippen LogP) is 3.16. The molecular weight excluding hydrogens is 364 g/mol. The molecule has 2 aromatic rings. The van der Waals surface area contributed by atoms with Crippen molar-refractivity contribution < 1.29 is 17.9 Å². The van der Waals surface area contributed by atoms with Crippen LogP contribution in [0.4, 0.5) is 5.69 Å². The lowest BCUT2D eigenvalue weighted by atomic mass is 10.1. The quantitative estimate of drug-likeness (QED) is 0.739. The third-order valence-corrected chi connectivity index (χ3v) is 5.84. The molecule has 2 aromatic carbocycles. The molecule has 0 aromatic heterocycles. The van der Waals surface area contributed by atoms with E-state index < -0.39 is 10.0 Å². The molecule has 0 radical (unpaired) electrons. The Balaban J connectivity index is 2.19. The molecule has 27 heavy (non-hydrogen) atoms. The number of benzene rings is 2. The van der Waals surface area contributed by atoms with E-state index in [1.165, 1.54) is 38.9 Å². The van der Waals surface area contributed by atoms with E-state index in [0.29, 0.717) is 11.3 Å². The van der Waals surface area contributed by atoms with E-state index in [4.69, 9.17) is 4.74 Å². The Bertz CT molecular complexity index is 933. The predicted molar refractivity (Wildman–Crippen MR) is 107 cm³/mol. The Labute approximate surface area is 160 Å². The Morgan fingerprint density at radius 3 is 2.37 bits per heavy atom. The zero-order valence-electron chi connectivity index (χ0n) is 15.9. The largest absolute Gasteiger partial charge is 0.495 e. The van der Waals surface area contributed by atoms with Gasteiger partial charge in [-0.05, 0) is 47.9 Å². The summed E-state index contributed by atoms with van der Waals surface area (Å²) in [7, 11) is 0.657. The van der Waals surface area contributed by atoms with Gasteiger partial charge < -0.3 is 10.1 Å². The first-order valence-electron chi connectivity index (χ1n) is 8.46. The third-order valence-electron chi connectivity index (χ3n) is 4.00. The van der Waals surface area contributed by atoms with Crippen LogP contribution >= 0.6 is 0 Å². The van der Waals surface area contributed by atoms with Gasteiger partial charge in [-0.1, -0.05) is 25.1 Å². The molecule has 144 valence electrons. The van der Waals surface area contributed by atoms with Crippen LogP contribution in [0.15, 0.2) is 53.4 Å². The molecule has 0 bridgehead atoms. The molecule has 2 rings (SSSR count). The summed E-state index contributed by atoms with van der Waals surface area (Å²) in [4.78, 5) is 12.2. The van der Waals surface area contributed by atoms with Gasteiger partial charge in [0.1, 0.15) is 10.6 Å². The number of rotatable bonds is 7. The van der Waals surface area contributed by atoms with Gasteiger partial charge in [-0.15, -0.1) is 0 Å². The molecule has 6 nitrogen and oxygen atoms in total. The second-order valence-corrected chi connectivity index (χ2v) is 8.19. The number of methoxy groups -OCH3 is 1. The molecule has 0 atom stereocenters. The number of sulfonamides is 1. The molecule has 0 aliphatic heterocycles.